The van der Waals surface area contributed by atoms with Gasteiger partial charge in [0, 0.05) is 22.9 Å². The van der Waals surface area contributed by atoms with E-state index in [4.69, 9.17) is 11.6 Å². The Balaban J connectivity index is 1.82. The number of anilines is 2. The van der Waals surface area contributed by atoms with Gasteiger partial charge in [0.25, 0.3) is 5.91 Å². The Bertz CT molecular complexity index is 967. The molecule has 0 unspecified atom stereocenters. The number of carbonyl (C=O) groups is 2. The number of hydrogen-bond donors (Lipinski definition) is 2. The average Bonchev–Trinajstić information content (AvgIpc) is 3.08. The van der Waals surface area contributed by atoms with E-state index in [1.807, 2.05) is 25.1 Å². The topological polar surface area (TPSA) is 71.1 Å². The summed E-state index contributed by atoms with van der Waals surface area (Å²) < 4.78 is 0. The number of rotatable bonds is 4. The van der Waals surface area contributed by atoms with E-state index < -0.39 is 0 Å². The second-order valence-corrected chi connectivity index (χ2v) is 7.02. The van der Waals surface area contributed by atoms with Gasteiger partial charge in [0.15, 0.2) is 0 Å². The van der Waals surface area contributed by atoms with E-state index in [1.165, 1.54) is 18.3 Å². The van der Waals surface area contributed by atoms with E-state index >= 15 is 0 Å². The van der Waals surface area contributed by atoms with Crippen molar-refractivity contribution in [1.82, 2.24) is 4.98 Å². The summed E-state index contributed by atoms with van der Waals surface area (Å²) >= 11 is 7.28. The molecule has 1 heterocycles. The third-order valence-corrected chi connectivity index (χ3v) is 4.71. The van der Waals surface area contributed by atoms with Crippen LogP contribution in [-0.2, 0) is 4.79 Å². The van der Waals surface area contributed by atoms with Crippen molar-refractivity contribution in [2.45, 2.75) is 13.8 Å². The Morgan fingerprint density at radius 1 is 1.04 bits per heavy atom. The van der Waals surface area contributed by atoms with Crippen LogP contribution in [0.5, 0.6) is 0 Å². The maximum absolute atomic E-state index is 12.6. The van der Waals surface area contributed by atoms with Crippen molar-refractivity contribution >= 4 is 46.1 Å². The normalized spacial score (nSPS) is 10.4. The van der Waals surface area contributed by atoms with Gasteiger partial charge in [0.05, 0.1) is 11.4 Å². The van der Waals surface area contributed by atoms with E-state index in [0.29, 0.717) is 22.1 Å². The molecule has 2 aromatic carbocycles. The molecular formula is C19H16ClN3O2S. The third kappa shape index (κ3) is 4.28. The molecule has 0 radical (unpaired) electrons. The van der Waals surface area contributed by atoms with Gasteiger partial charge in [-0.15, -0.1) is 11.3 Å². The molecule has 0 aliphatic rings. The lowest BCUT2D eigenvalue weighted by molar-refractivity contribution is -0.114. The number of nitrogens with one attached hydrogen (secondary N) is 2. The van der Waals surface area contributed by atoms with Crippen molar-refractivity contribution in [2.24, 2.45) is 0 Å². The summed E-state index contributed by atoms with van der Waals surface area (Å²) in [6, 6.07) is 12.7. The summed E-state index contributed by atoms with van der Waals surface area (Å²) in [7, 11) is 0. The molecule has 3 aromatic rings. The summed E-state index contributed by atoms with van der Waals surface area (Å²) in [5, 5.41) is 8.61. The Morgan fingerprint density at radius 2 is 1.77 bits per heavy atom. The van der Waals surface area contributed by atoms with Gasteiger partial charge in [-0.05, 0) is 36.8 Å². The zero-order valence-corrected chi connectivity index (χ0v) is 15.7. The van der Waals surface area contributed by atoms with Crippen LogP contribution in [0.1, 0.15) is 23.0 Å². The molecule has 0 fully saturated rings. The number of thiazole rings is 1. The molecule has 132 valence electrons. The zero-order valence-electron chi connectivity index (χ0n) is 14.2. The number of halogens is 1. The zero-order chi connectivity index (χ0) is 18.7. The molecule has 5 nitrogen and oxygen atoms in total. The van der Waals surface area contributed by atoms with Crippen molar-refractivity contribution in [1.29, 1.82) is 0 Å². The molecule has 2 N–H and O–H groups in total. The molecule has 2 amide bonds. The first-order chi connectivity index (χ1) is 12.4. The van der Waals surface area contributed by atoms with Crippen LogP contribution < -0.4 is 10.6 Å². The lowest BCUT2D eigenvalue weighted by Gasteiger charge is -2.11. The number of aromatic nitrogens is 1. The van der Waals surface area contributed by atoms with Crippen molar-refractivity contribution in [3.63, 3.8) is 0 Å². The average molecular weight is 386 g/mol. The lowest BCUT2D eigenvalue weighted by Crippen LogP contribution is -2.15. The van der Waals surface area contributed by atoms with Gasteiger partial charge in [-0.1, -0.05) is 29.8 Å². The van der Waals surface area contributed by atoms with Crippen LogP contribution in [0.4, 0.5) is 11.4 Å². The third-order valence-electron chi connectivity index (χ3n) is 3.56. The molecule has 3 rings (SSSR count). The van der Waals surface area contributed by atoms with Crippen LogP contribution in [0.15, 0.2) is 47.8 Å². The first kappa shape index (κ1) is 18.1. The lowest BCUT2D eigenvalue weighted by atomic mass is 10.2. The Kier molecular flexibility index (Phi) is 5.35. The molecular weight excluding hydrogens is 370 g/mol. The number of hydrogen-bond acceptors (Lipinski definition) is 4. The number of carbonyl (C=O) groups excluding carboxylic acids is 2. The fourth-order valence-corrected chi connectivity index (χ4v) is 3.28. The van der Waals surface area contributed by atoms with Crippen LogP contribution in [-0.4, -0.2) is 16.8 Å². The highest BCUT2D eigenvalue weighted by molar-refractivity contribution is 7.13. The SMILES string of the molecule is CC(=O)Nc1ccc(C)cc1NC(=O)c1csc(-c2ccc(Cl)cc2)n1. The highest BCUT2D eigenvalue weighted by Crippen LogP contribution is 2.27. The van der Waals surface area contributed by atoms with E-state index in [0.717, 1.165) is 16.1 Å². The molecule has 0 aliphatic heterocycles. The Morgan fingerprint density at radius 3 is 2.46 bits per heavy atom. The smallest absolute Gasteiger partial charge is 0.275 e. The fraction of sp³-hybridized carbons (Fsp3) is 0.105. The van der Waals surface area contributed by atoms with Gasteiger partial charge >= 0.3 is 0 Å². The molecule has 7 heteroatoms. The van der Waals surface area contributed by atoms with Gasteiger partial charge in [-0.2, -0.15) is 0 Å². The highest BCUT2D eigenvalue weighted by Gasteiger charge is 2.14. The minimum absolute atomic E-state index is 0.206. The summed E-state index contributed by atoms with van der Waals surface area (Å²) in [6.45, 7) is 3.33. The number of nitrogens with zero attached hydrogens (tertiary/aromatic N) is 1. The number of aryl methyl sites for hydroxylation is 1. The maximum Gasteiger partial charge on any atom is 0.275 e. The van der Waals surface area contributed by atoms with Crippen molar-refractivity contribution in [2.75, 3.05) is 10.6 Å². The molecule has 0 bridgehead atoms. The Labute approximate surface area is 160 Å². The minimum atomic E-state index is -0.335. The van der Waals surface area contributed by atoms with E-state index in [9.17, 15) is 9.59 Å². The van der Waals surface area contributed by atoms with Crippen LogP contribution in [0.2, 0.25) is 5.02 Å². The molecule has 0 atom stereocenters. The predicted molar refractivity (Wildman–Crippen MR) is 106 cm³/mol. The monoisotopic (exact) mass is 385 g/mol. The molecule has 26 heavy (non-hydrogen) atoms. The number of amides is 2. The predicted octanol–water partition coefficient (Wildman–Crippen LogP) is 4.98. The summed E-state index contributed by atoms with van der Waals surface area (Å²) in [6.07, 6.45) is 0. The first-order valence-electron chi connectivity index (χ1n) is 7.83. The van der Waals surface area contributed by atoms with Gasteiger partial charge in [0.1, 0.15) is 10.7 Å². The minimum Gasteiger partial charge on any atom is -0.325 e. The maximum atomic E-state index is 12.6. The second-order valence-electron chi connectivity index (χ2n) is 5.73. The van der Waals surface area contributed by atoms with Crippen LogP contribution in [0.25, 0.3) is 10.6 Å². The van der Waals surface area contributed by atoms with Crippen molar-refractivity contribution < 1.29 is 9.59 Å². The van der Waals surface area contributed by atoms with Gasteiger partial charge in [0.2, 0.25) is 5.91 Å². The fourth-order valence-electron chi connectivity index (χ4n) is 2.35. The highest BCUT2D eigenvalue weighted by atomic mass is 35.5. The van der Waals surface area contributed by atoms with E-state index in [2.05, 4.69) is 15.6 Å². The Hall–Kier alpha value is -2.70. The summed E-state index contributed by atoms with van der Waals surface area (Å²) in [4.78, 5) is 28.3. The number of benzene rings is 2. The molecule has 0 saturated heterocycles. The summed E-state index contributed by atoms with van der Waals surface area (Å²) in [5.74, 6) is -0.540. The van der Waals surface area contributed by atoms with Crippen LogP contribution in [0.3, 0.4) is 0 Å². The summed E-state index contributed by atoms with van der Waals surface area (Å²) in [5.41, 5.74) is 3.26. The van der Waals surface area contributed by atoms with Crippen molar-refractivity contribution in [3.05, 3.63) is 64.1 Å². The quantitative estimate of drug-likeness (QED) is 0.665. The van der Waals surface area contributed by atoms with E-state index in [1.54, 1.807) is 29.6 Å². The molecule has 0 saturated carbocycles. The molecule has 1 aromatic heterocycles. The standard InChI is InChI=1S/C19H16ClN3O2S/c1-11-3-8-15(21-12(2)24)16(9-11)22-18(25)17-10-26-19(23-17)13-4-6-14(20)7-5-13/h3-10H,1-2H3,(H,21,24)(H,22,25). The molecule has 0 spiro atoms. The van der Waals surface area contributed by atoms with Gasteiger partial charge in [-0.25, -0.2) is 4.98 Å². The van der Waals surface area contributed by atoms with Crippen LogP contribution >= 0.6 is 22.9 Å². The van der Waals surface area contributed by atoms with E-state index in [-0.39, 0.29) is 11.8 Å². The van der Waals surface area contributed by atoms with Crippen molar-refractivity contribution in [3.8, 4) is 10.6 Å². The van der Waals surface area contributed by atoms with Gasteiger partial charge < -0.3 is 10.6 Å². The first-order valence-corrected chi connectivity index (χ1v) is 9.09. The largest absolute Gasteiger partial charge is 0.325 e. The van der Waals surface area contributed by atoms with Gasteiger partial charge in [-0.3, -0.25) is 9.59 Å². The molecule has 0 aliphatic carbocycles. The van der Waals surface area contributed by atoms with Crippen LogP contribution in [0, 0.1) is 6.92 Å². The second kappa shape index (κ2) is 7.68.